The van der Waals surface area contributed by atoms with Crippen LogP contribution in [0.1, 0.15) is 10.4 Å². The Balaban J connectivity index is 2.18. The first kappa shape index (κ1) is 16.6. The Hall–Kier alpha value is -1.76. The van der Waals surface area contributed by atoms with Crippen LogP contribution in [0.3, 0.4) is 0 Å². The summed E-state index contributed by atoms with van der Waals surface area (Å²) in [6, 6.07) is 8.82. The van der Waals surface area contributed by atoms with Gasteiger partial charge in [-0.2, -0.15) is 0 Å². The van der Waals surface area contributed by atoms with Crippen molar-refractivity contribution in [1.82, 2.24) is 0 Å². The molecule has 0 aromatic heterocycles. The smallest absolute Gasteiger partial charge is 0.323 e. The Bertz CT molecular complexity index is 733. The zero-order valence-electron chi connectivity index (χ0n) is 11.0. The monoisotopic (exact) mass is 401 g/mol. The minimum absolute atomic E-state index is 0.197. The molecule has 2 rings (SSSR count). The maximum absolute atomic E-state index is 12.0. The van der Waals surface area contributed by atoms with E-state index in [1.54, 1.807) is 30.3 Å². The van der Waals surface area contributed by atoms with Crippen molar-refractivity contribution in [3.8, 4) is 0 Å². The number of urea groups is 1. The van der Waals surface area contributed by atoms with Crippen LogP contribution in [0.5, 0.6) is 0 Å². The van der Waals surface area contributed by atoms with Crippen molar-refractivity contribution in [2.75, 3.05) is 10.6 Å². The van der Waals surface area contributed by atoms with Crippen LogP contribution in [0.4, 0.5) is 16.2 Å². The molecule has 0 aliphatic rings. The molecule has 0 atom stereocenters. The Kier molecular flexibility index (Phi) is 5.28. The zero-order chi connectivity index (χ0) is 16.3. The van der Waals surface area contributed by atoms with Gasteiger partial charge in [-0.25, -0.2) is 4.79 Å². The second-order valence-corrected chi connectivity index (χ2v) is 6.08. The average molecular weight is 403 g/mol. The SMILES string of the molecule is NC(=O)c1ccc(Br)cc1NC(=O)Nc1cc(Cl)cc(Cl)c1. The fourth-order valence-corrected chi connectivity index (χ4v) is 2.63. The summed E-state index contributed by atoms with van der Waals surface area (Å²) in [5.74, 6) is -0.645. The molecule has 3 amide bonds. The van der Waals surface area contributed by atoms with Crippen molar-refractivity contribution in [2.45, 2.75) is 0 Å². The molecular weight excluding hydrogens is 393 g/mol. The molecule has 0 fully saturated rings. The lowest BCUT2D eigenvalue weighted by atomic mass is 10.1. The topological polar surface area (TPSA) is 84.2 Å². The maximum Gasteiger partial charge on any atom is 0.323 e. The number of amides is 3. The molecule has 0 radical (unpaired) electrons. The number of nitrogens with two attached hydrogens (primary N) is 1. The highest BCUT2D eigenvalue weighted by Crippen LogP contribution is 2.24. The average Bonchev–Trinajstić information content (AvgIpc) is 2.36. The fraction of sp³-hybridized carbons (Fsp3) is 0. The van der Waals surface area contributed by atoms with Crippen LogP contribution in [0.2, 0.25) is 10.0 Å². The van der Waals surface area contributed by atoms with Crippen LogP contribution < -0.4 is 16.4 Å². The van der Waals surface area contributed by atoms with Gasteiger partial charge in [0, 0.05) is 20.2 Å². The number of benzene rings is 2. The van der Waals surface area contributed by atoms with Gasteiger partial charge in [-0.15, -0.1) is 0 Å². The van der Waals surface area contributed by atoms with Gasteiger partial charge in [0.2, 0.25) is 0 Å². The fourth-order valence-electron chi connectivity index (χ4n) is 1.75. The highest BCUT2D eigenvalue weighted by atomic mass is 79.9. The van der Waals surface area contributed by atoms with Crippen LogP contribution >= 0.6 is 39.1 Å². The minimum Gasteiger partial charge on any atom is -0.366 e. The molecule has 0 aliphatic carbocycles. The van der Waals surface area contributed by atoms with E-state index in [0.717, 1.165) is 0 Å². The van der Waals surface area contributed by atoms with Crippen molar-refractivity contribution < 1.29 is 9.59 Å². The Morgan fingerprint density at radius 1 is 1.00 bits per heavy atom. The van der Waals surface area contributed by atoms with Gasteiger partial charge >= 0.3 is 6.03 Å². The predicted molar refractivity (Wildman–Crippen MR) is 91.8 cm³/mol. The summed E-state index contributed by atoms with van der Waals surface area (Å²) in [5.41, 5.74) is 6.18. The number of primary amides is 1. The molecule has 0 saturated heterocycles. The van der Waals surface area contributed by atoms with Crippen molar-refractivity contribution in [3.05, 3.63) is 56.5 Å². The van der Waals surface area contributed by atoms with Crippen LogP contribution in [0, 0.1) is 0 Å². The number of halogens is 3. The van der Waals surface area contributed by atoms with Gasteiger partial charge < -0.3 is 16.4 Å². The summed E-state index contributed by atoms with van der Waals surface area (Å²) in [4.78, 5) is 23.4. The van der Waals surface area contributed by atoms with E-state index in [1.165, 1.54) is 6.07 Å². The van der Waals surface area contributed by atoms with Gasteiger partial charge in [-0.3, -0.25) is 4.79 Å². The van der Waals surface area contributed by atoms with E-state index in [-0.39, 0.29) is 11.3 Å². The van der Waals surface area contributed by atoms with Gasteiger partial charge in [0.15, 0.2) is 0 Å². The molecule has 0 aliphatic heterocycles. The van der Waals surface area contributed by atoms with E-state index in [4.69, 9.17) is 28.9 Å². The molecule has 4 N–H and O–H groups in total. The first-order valence-electron chi connectivity index (χ1n) is 5.98. The first-order chi connectivity index (χ1) is 10.3. The second-order valence-electron chi connectivity index (χ2n) is 4.29. The van der Waals surface area contributed by atoms with Crippen LogP contribution in [-0.2, 0) is 0 Å². The lowest BCUT2D eigenvalue weighted by Gasteiger charge is -2.11. The summed E-state index contributed by atoms with van der Waals surface area (Å²) in [6.45, 7) is 0. The zero-order valence-corrected chi connectivity index (χ0v) is 14.1. The second kappa shape index (κ2) is 7.00. The number of hydrogen-bond acceptors (Lipinski definition) is 2. The Labute approximate surface area is 144 Å². The molecule has 0 spiro atoms. The van der Waals surface area contributed by atoms with Gasteiger partial charge in [-0.05, 0) is 36.4 Å². The molecule has 114 valence electrons. The minimum atomic E-state index is -0.645. The first-order valence-corrected chi connectivity index (χ1v) is 7.53. The van der Waals surface area contributed by atoms with E-state index in [2.05, 4.69) is 26.6 Å². The lowest BCUT2D eigenvalue weighted by Crippen LogP contribution is -2.22. The molecule has 0 unspecified atom stereocenters. The Morgan fingerprint density at radius 2 is 1.64 bits per heavy atom. The van der Waals surface area contributed by atoms with E-state index < -0.39 is 11.9 Å². The van der Waals surface area contributed by atoms with E-state index in [1.807, 2.05) is 0 Å². The molecule has 5 nitrogen and oxygen atoms in total. The molecule has 22 heavy (non-hydrogen) atoms. The van der Waals surface area contributed by atoms with Crippen LogP contribution in [-0.4, -0.2) is 11.9 Å². The van der Waals surface area contributed by atoms with Crippen LogP contribution in [0.25, 0.3) is 0 Å². The Morgan fingerprint density at radius 3 is 2.23 bits per heavy atom. The van der Waals surface area contributed by atoms with Gasteiger partial charge in [0.25, 0.3) is 5.91 Å². The number of carbonyl (C=O) groups is 2. The lowest BCUT2D eigenvalue weighted by molar-refractivity contribution is 0.100. The number of nitrogens with one attached hydrogen (secondary N) is 2. The largest absolute Gasteiger partial charge is 0.366 e. The number of anilines is 2. The van der Waals surface area contributed by atoms with Gasteiger partial charge in [0.1, 0.15) is 0 Å². The predicted octanol–water partition coefficient (Wildman–Crippen LogP) is 4.50. The number of hydrogen-bond donors (Lipinski definition) is 3. The standard InChI is InChI=1S/C14H10BrCl2N3O2/c15-7-1-2-11(13(18)21)12(3-7)20-14(22)19-10-5-8(16)4-9(17)6-10/h1-6H,(H2,18,21)(H2,19,20,22). The highest BCUT2D eigenvalue weighted by Gasteiger charge is 2.12. The molecule has 2 aromatic carbocycles. The van der Waals surface area contributed by atoms with Crippen molar-refractivity contribution >= 4 is 62.4 Å². The summed E-state index contributed by atoms with van der Waals surface area (Å²) in [7, 11) is 0. The summed E-state index contributed by atoms with van der Waals surface area (Å²) in [6.07, 6.45) is 0. The molecule has 0 heterocycles. The summed E-state index contributed by atoms with van der Waals surface area (Å²) in [5, 5.41) is 5.91. The molecule has 2 aromatic rings. The van der Waals surface area contributed by atoms with Crippen molar-refractivity contribution in [2.24, 2.45) is 5.73 Å². The number of rotatable bonds is 3. The van der Waals surface area contributed by atoms with Crippen molar-refractivity contribution in [1.29, 1.82) is 0 Å². The van der Waals surface area contributed by atoms with Gasteiger partial charge in [-0.1, -0.05) is 39.1 Å². The van der Waals surface area contributed by atoms with E-state index >= 15 is 0 Å². The maximum atomic E-state index is 12.0. The van der Waals surface area contributed by atoms with E-state index in [0.29, 0.717) is 20.2 Å². The van der Waals surface area contributed by atoms with Gasteiger partial charge in [0.05, 0.1) is 11.3 Å². The highest BCUT2D eigenvalue weighted by molar-refractivity contribution is 9.10. The third-order valence-corrected chi connectivity index (χ3v) is 3.55. The van der Waals surface area contributed by atoms with E-state index in [9.17, 15) is 9.59 Å². The van der Waals surface area contributed by atoms with Crippen molar-refractivity contribution in [3.63, 3.8) is 0 Å². The molecule has 8 heteroatoms. The molecular formula is C14H10BrCl2N3O2. The number of carbonyl (C=O) groups excluding carboxylic acids is 2. The quantitative estimate of drug-likeness (QED) is 0.706. The normalized spacial score (nSPS) is 10.1. The third-order valence-electron chi connectivity index (χ3n) is 2.62. The summed E-state index contributed by atoms with van der Waals surface area (Å²) < 4.78 is 0.693. The molecule has 0 bridgehead atoms. The van der Waals surface area contributed by atoms with Crippen LogP contribution in [0.15, 0.2) is 40.9 Å². The molecule has 0 saturated carbocycles. The third kappa shape index (κ3) is 4.37. The summed E-state index contributed by atoms with van der Waals surface area (Å²) >= 11 is 15.0.